The van der Waals surface area contributed by atoms with Gasteiger partial charge in [-0.25, -0.2) is 9.07 Å². The van der Waals surface area contributed by atoms with E-state index in [1.54, 1.807) is 23.7 Å². The first kappa shape index (κ1) is 22.5. The van der Waals surface area contributed by atoms with Gasteiger partial charge in [-0.1, -0.05) is 31.2 Å². The number of ether oxygens (including phenoxy) is 1. The Morgan fingerprint density at radius 1 is 1.12 bits per heavy atom. The second kappa shape index (κ2) is 9.83. The van der Waals surface area contributed by atoms with Crippen LogP contribution in [0.4, 0.5) is 4.39 Å². The molecule has 170 valence electrons. The van der Waals surface area contributed by atoms with Gasteiger partial charge in [-0.05, 0) is 61.4 Å². The van der Waals surface area contributed by atoms with E-state index in [2.05, 4.69) is 36.5 Å². The molecule has 0 saturated carbocycles. The fourth-order valence-corrected chi connectivity index (χ4v) is 3.66. The summed E-state index contributed by atoms with van der Waals surface area (Å²) in [6.45, 7) is 3.61. The summed E-state index contributed by atoms with van der Waals surface area (Å²) in [5.74, 6) is -0.110. The predicted octanol–water partition coefficient (Wildman–Crippen LogP) is 4.27. The Balaban J connectivity index is 1.72. The molecule has 33 heavy (non-hydrogen) atoms. The van der Waals surface area contributed by atoms with E-state index in [1.807, 2.05) is 18.2 Å². The van der Waals surface area contributed by atoms with E-state index in [9.17, 15) is 9.18 Å². The Bertz CT molecular complexity index is 1250. The van der Waals surface area contributed by atoms with Gasteiger partial charge in [0.15, 0.2) is 0 Å². The molecule has 4 aromatic rings. The SMILES string of the molecule is CCc1ccc(-c2nn(-c3ccc(F)cc3)c3ccc(OCC(C)NC(=O)CO)cc23)cc1. The molecule has 0 radical (unpaired) electrons. The maximum atomic E-state index is 13.5. The zero-order chi connectivity index (χ0) is 23.4. The van der Waals surface area contributed by atoms with Crippen LogP contribution < -0.4 is 10.1 Å². The van der Waals surface area contributed by atoms with Gasteiger partial charge in [-0.15, -0.1) is 0 Å². The molecular formula is C26H26FN3O3. The van der Waals surface area contributed by atoms with Gasteiger partial charge in [-0.3, -0.25) is 4.79 Å². The van der Waals surface area contributed by atoms with Crippen LogP contribution in [0.1, 0.15) is 19.4 Å². The van der Waals surface area contributed by atoms with E-state index in [4.69, 9.17) is 14.9 Å². The summed E-state index contributed by atoms with van der Waals surface area (Å²) in [4.78, 5) is 11.4. The molecule has 0 aliphatic heterocycles. The van der Waals surface area contributed by atoms with Crippen molar-refractivity contribution >= 4 is 16.8 Å². The molecule has 1 aromatic heterocycles. The van der Waals surface area contributed by atoms with Gasteiger partial charge in [0, 0.05) is 10.9 Å². The normalized spacial score (nSPS) is 12.0. The molecule has 2 N–H and O–H groups in total. The number of halogens is 1. The molecule has 3 aromatic carbocycles. The second-order valence-electron chi connectivity index (χ2n) is 7.90. The van der Waals surface area contributed by atoms with Crippen LogP contribution in [-0.2, 0) is 11.2 Å². The lowest BCUT2D eigenvalue weighted by molar-refractivity contribution is -0.124. The van der Waals surface area contributed by atoms with Crippen molar-refractivity contribution in [2.45, 2.75) is 26.3 Å². The number of aromatic nitrogens is 2. The minimum absolute atomic E-state index is 0.254. The first-order valence-corrected chi connectivity index (χ1v) is 10.9. The van der Waals surface area contributed by atoms with E-state index in [0.29, 0.717) is 5.75 Å². The van der Waals surface area contributed by atoms with E-state index in [1.165, 1.54) is 17.7 Å². The summed E-state index contributed by atoms with van der Waals surface area (Å²) in [6.07, 6.45) is 0.952. The van der Waals surface area contributed by atoms with Crippen molar-refractivity contribution in [3.8, 4) is 22.7 Å². The van der Waals surface area contributed by atoms with Crippen LogP contribution in [0.3, 0.4) is 0 Å². The Labute approximate surface area is 191 Å². The average molecular weight is 448 g/mol. The molecule has 4 rings (SSSR count). The molecule has 1 amide bonds. The van der Waals surface area contributed by atoms with E-state index < -0.39 is 12.5 Å². The zero-order valence-electron chi connectivity index (χ0n) is 18.6. The number of carbonyl (C=O) groups is 1. The Hall–Kier alpha value is -3.71. The quantitative estimate of drug-likeness (QED) is 0.423. The standard InChI is InChI=1S/C26H26FN3O3/c1-3-18-4-6-19(7-5-18)26-23-14-22(33-16-17(2)28-25(32)15-31)12-13-24(23)30(29-26)21-10-8-20(27)9-11-21/h4-14,17,31H,3,15-16H2,1-2H3,(H,28,32). The van der Waals surface area contributed by atoms with Gasteiger partial charge in [0.1, 0.15) is 30.5 Å². The molecule has 0 bridgehead atoms. The van der Waals surface area contributed by atoms with E-state index >= 15 is 0 Å². The number of aliphatic hydroxyl groups is 1. The summed E-state index contributed by atoms with van der Waals surface area (Å²) < 4.78 is 21.2. The number of nitrogens with zero attached hydrogens (tertiary/aromatic N) is 2. The van der Waals surface area contributed by atoms with Gasteiger partial charge in [0.25, 0.3) is 0 Å². The number of fused-ring (bicyclic) bond motifs is 1. The number of hydrogen-bond acceptors (Lipinski definition) is 4. The smallest absolute Gasteiger partial charge is 0.246 e. The minimum atomic E-state index is -0.556. The van der Waals surface area contributed by atoms with Crippen LogP contribution in [0.5, 0.6) is 5.75 Å². The highest BCUT2D eigenvalue weighted by Gasteiger charge is 2.16. The van der Waals surface area contributed by atoms with Crippen molar-refractivity contribution in [1.29, 1.82) is 0 Å². The second-order valence-corrected chi connectivity index (χ2v) is 7.90. The molecule has 1 atom stereocenters. The van der Waals surface area contributed by atoms with Crippen LogP contribution in [0.2, 0.25) is 0 Å². The minimum Gasteiger partial charge on any atom is -0.491 e. The highest BCUT2D eigenvalue weighted by Crippen LogP contribution is 2.33. The lowest BCUT2D eigenvalue weighted by Gasteiger charge is -2.14. The average Bonchev–Trinajstić information content (AvgIpc) is 3.22. The number of aliphatic hydroxyl groups excluding tert-OH is 1. The van der Waals surface area contributed by atoms with Crippen molar-refractivity contribution in [3.63, 3.8) is 0 Å². The summed E-state index contributed by atoms with van der Waals surface area (Å²) in [6, 6.07) is 19.9. The predicted molar refractivity (Wildman–Crippen MR) is 126 cm³/mol. The van der Waals surface area contributed by atoms with Crippen molar-refractivity contribution in [2.24, 2.45) is 0 Å². The maximum Gasteiger partial charge on any atom is 0.246 e. The van der Waals surface area contributed by atoms with Crippen molar-refractivity contribution < 1.29 is 19.0 Å². The molecule has 0 aliphatic carbocycles. The number of nitrogens with one attached hydrogen (secondary N) is 1. The molecule has 1 unspecified atom stereocenters. The largest absolute Gasteiger partial charge is 0.491 e. The van der Waals surface area contributed by atoms with E-state index in [0.717, 1.165) is 34.3 Å². The van der Waals surface area contributed by atoms with Crippen LogP contribution in [0.15, 0.2) is 66.7 Å². The van der Waals surface area contributed by atoms with Gasteiger partial charge in [0.2, 0.25) is 5.91 Å². The molecule has 1 heterocycles. The van der Waals surface area contributed by atoms with Crippen LogP contribution >= 0.6 is 0 Å². The number of amides is 1. The molecule has 7 heteroatoms. The Kier molecular flexibility index (Phi) is 6.70. The fraction of sp³-hybridized carbons (Fsp3) is 0.231. The third-order valence-electron chi connectivity index (χ3n) is 5.41. The van der Waals surface area contributed by atoms with Gasteiger partial charge >= 0.3 is 0 Å². The number of benzene rings is 3. The first-order chi connectivity index (χ1) is 16.0. The Morgan fingerprint density at radius 2 is 1.85 bits per heavy atom. The summed E-state index contributed by atoms with van der Waals surface area (Å²) in [5.41, 5.74) is 4.63. The topological polar surface area (TPSA) is 76.4 Å². The van der Waals surface area contributed by atoms with Gasteiger partial charge < -0.3 is 15.2 Å². The molecule has 0 aliphatic rings. The fourth-order valence-electron chi connectivity index (χ4n) is 3.66. The van der Waals surface area contributed by atoms with E-state index in [-0.39, 0.29) is 18.5 Å². The van der Waals surface area contributed by atoms with Crippen LogP contribution in [0.25, 0.3) is 27.8 Å². The zero-order valence-corrected chi connectivity index (χ0v) is 18.6. The third kappa shape index (κ3) is 5.04. The van der Waals surface area contributed by atoms with Gasteiger partial charge in [-0.2, -0.15) is 5.10 Å². The van der Waals surface area contributed by atoms with Crippen LogP contribution in [-0.4, -0.2) is 40.0 Å². The van der Waals surface area contributed by atoms with Crippen molar-refractivity contribution in [2.75, 3.05) is 13.2 Å². The molecule has 0 spiro atoms. The number of hydrogen-bond donors (Lipinski definition) is 2. The molecule has 6 nitrogen and oxygen atoms in total. The number of aryl methyl sites for hydroxylation is 1. The lowest BCUT2D eigenvalue weighted by atomic mass is 10.0. The summed E-state index contributed by atoms with van der Waals surface area (Å²) >= 11 is 0. The monoisotopic (exact) mass is 447 g/mol. The van der Waals surface area contributed by atoms with Crippen LogP contribution in [0, 0.1) is 5.82 Å². The summed E-state index contributed by atoms with van der Waals surface area (Å²) in [7, 11) is 0. The highest BCUT2D eigenvalue weighted by molar-refractivity contribution is 5.95. The molecule has 0 fully saturated rings. The number of rotatable bonds is 8. The Morgan fingerprint density at radius 3 is 2.52 bits per heavy atom. The van der Waals surface area contributed by atoms with Crippen molar-refractivity contribution in [3.05, 3.63) is 78.1 Å². The molecule has 0 saturated heterocycles. The first-order valence-electron chi connectivity index (χ1n) is 10.9. The van der Waals surface area contributed by atoms with Crippen molar-refractivity contribution in [1.82, 2.24) is 15.1 Å². The highest BCUT2D eigenvalue weighted by atomic mass is 19.1. The lowest BCUT2D eigenvalue weighted by Crippen LogP contribution is -2.38. The maximum absolute atomic E-state index is 13.5. The third-order valence-corrected chi connectivity index (χ3v) is 5.41. The molecular weight excluding hydrogens is 421 g/mol. The summed E-state index contributed by atoms with van der Waals surface area (Å²) in [5, 5.41) is 17.3. The van der Waals surface area contributed by atoms with Gasteiger partial charge in [0.05, 0.1) is 17.2 Å². The number of carbonyl (C=O) groups excluding carboxylic acids is 1.